The number of unbranched alkanes of at least 4 members (excludes halogenated alkanes) is 2. The molecule has 3 aromatic rings. The number of phenols is 1. The summed E-state index contributed by atoms with van der Waals surface area (Å²) >= 11 is 0. The maximum Gasteiger partial charge on any atom is 0.411 e. The molecule has 4 rings (SSSR count). The number of ether oxygens (including phenoxy) is 1. The van der Waals surface area contributed by atoms with Gasteiger partial charge >= 0.3 is 6.09 Å². The third-order valence-electron chi connectivity index (χ3n) is 9.28. The van der Waals surface area contributed by atoms with Crippen LogP contribution in [-0.4, -0.2) is 120 Å². The Hall–Kier alpha value is -4.49. The van der Waals surface area contributed by atoms with Crippen LogP contribution in [-0.2, 0) is 20.9 Å². The zero-order valence-corrected chi connectivity index (χ0v) is 30.1. The van der Waals surface area contributed by atoms with Gasteiger partial charge in [-0.1, -0.05) is 60.7 Å². The highest BCUT2D eigenvalue weighted by Crippen LogP contribution is 2.28. The predicted octanol–water partition coefficient (Wildman–Crippen LogP) is 4.45. The second-order valence-electron chi connectivity index (χ2n) is 13.2. The van der Waals surface area contributed by atoms with E-state index in [-0.39, 0.29) is 43.3 Å². The number of phenolic OH excluding ortho intramolecular Hbond substituents is 1. The lowest BCUT2D eigenvalue weighted by Crippen LogP contribution is -2.40. The molecule has 1 saturated heterocycles. The van der Waals surface area contributed by atoms with E-state index in [1.807, 2.05) is 64.4 Å². The minimum absolute atomic E-state index is 0.00858. The van der Waals surface area contributed by atoms with Gasteiger partial charge in [-0.05, 0) is 61.4 Å². The minimum Gasteiger partial charge on any atom is -0.508 e. The van der Waals surface area contributed by atoms with Gasteiger partial charge in [0.1, 0.15) is 11.9 Å². The molecule has 0 saturated carbocycles. The molecule has 0 radical (unpaired) electrons. The summed E-state index contributed by atoms with van der Waals surface area (Å²) in [7, 11) is 0. The van der Waals surface area contributed by atoms with E-state index in [9.17, 15) is 29.7 Å². The van der Waals surface area contributed by atoms with Crippen molar-refractivity contribution in [3.05, 3.63) is 84.4 Å². The molecule has 0 aliphatic carbocycles. The number of aliphatic hydroxyl groups is 2. The number of carbonyl (C=O) groups excluding carboxylic acids is 3. The highest BCUT2D eigenvalue weighted by atomic mass is 16.6. The lowest BCUT2D eigenvalue weighted by Gasteiger charge is -2.31. The van der Waals surface area contributed by atoms with Crippen molar-refractivity contribution < 1.29 is 34.4 Å². The Labute approximate surface area is 307 Å². The number of aliphatic hydroxyl groups excluding tert-OH is 2. The molecule has 0 bridgehead atoms. The van der Waals surface area contributed by atoms with Crippen molar-refractivity contribution >= 4 is 23.6 Å². The zero-order valence-electron chi connectivity index (χ0n) is 30.1. The highest BCUT2D eigenvalue weighted by molar-refractivity contribution is 5.91. The van der Waals surface area contributed by atoms with Crippen molar-refractivity contribution in [3.63, 3.8) is 0 Å². The summed E-state index contributed by atoms with van der Waals surface area (Å²) < 4.78 is 5.74. The van der Waals surface area contributed by atoms with Crippen LogP contribution in [0.15, 0.2) is 78.9 Å². The second-order valence-corrected chi connectivity index (χ2v) is 13.2. The Morgan fingerprint density at radius 2 is 1.48 bits per heavy atom. The zero-order chi connectivity index (χ0) is 37.0. The van der Waals surface area contributed by atoms with Gasteiger partial charge in [-0.3, -0.25) is 19.8 Å². The summed E-state index contributed by atoms with van der Waals surface area (Å²) in [5.41, 5.74) is 3.58. The van der Waals surface area contributed by atoms with Crippen molar-refractivity contribution in [1.82, 2.24) is 20.0 Å². The Morgan fingerprint density at radius 3 is 2.19 bits per heavy atom. The van der Waals surface area contributed by atoms with Crippen molar-refractivity contribution in [2.24, 2.45) is 0 Å². The molecule has 0 aromatic heterocycles. The minimum atomic E-state index is -0.460. The third-order valence-corrected chi connectivity index (χ3v) is 9.28. The predicted molar refractivity (Wildman–Crippen MR) is 202 cm³/mol. The number of nitrogens with one attached hydrogen (secondary N) is 2. The van der Waals surface area contributed by atoms with E-state index in [1.165, 1.54) is 0 Å². The van der Waals surface area contributed by atoms with E-state index in [1.54, 1.807) is 24.3 Å². The molecular weight excluding hydrogens is 662 g/mol. The number of anilines is 1. The molecule has 0 spiro atoms. The fourth-order valence-electron chi connectivity index (χ4n) is 6.33. The average Bonchev–Trinajstić information content (AvgIpc) is 3.16. The maximum absolute atomic E-state index is 13.2. The molecule has 3 aromatic carbocycles. The number of para-hydroxylation sites is 1. The second kappa shape index (κ2) is 22.4. The van der Waals surface area contributed by atoms with Crippen molar-refractivity contribution in [2.45, 2.75) is 57.6 Å². The summed E-state index contributed by atoms with van der Waals surface area (Å²) in [5.74, 6) is 0.172. The van der Waals surface area contributed by atoms with Gasteiger partial charge in [-0.15, -0.1) is 0 Å². The molecule has 282 valence electrons. The fraction of sp³-hybridized carbons (Fsp3) is 0.475. The largest absolute Gasteiger partial charge is 0.508 e. The third kappa shape index (κ3) is 14.3. The topological polar surface area (TPSA) is 155 Å². The smallest absolute Gasteiger partial charge is 0.411 e. The lowest BCUT2D eigenvalue weighted by atomic mass is 10.0. The molecule has 12 heteroatoms. The van der Waals surface area contributed by atoms with E-state index in [4.69, 9.17) is 4.74 Å². The van der Waals surface area contributed by atoms with E-state index in [0.717, 1.165) is 49.0 Å². The van der Waals surface area contributed by atoms with E-state index in [2.05, 4.69) is 15.5 Å². The van der Waals surface area contributed by atoms with E-state index < -0.39 is 6.09 Å². The van der Waals surface area contributed by atoms with E-state index in [0.29, 0.717) is 70.8 Å². The molecule has 1 fully saturated rings. The molecule has 1 heterocycles. The number of amides is 3. The normalized spacial score (nSPS) is 13.5. The van der Waals surface area contributed by atoms with Crippen molar-refractivity contribution in [3.8, 4) is 16.9 Å². The first-order valence-corrected chi connectivity index (χ1v) is 18.5. The van der Waals surface area contributed by atoms with Gasteiger partial charge in [-0.25, -0.2) is 4.79 Å². The molecule has 3 amide bonds. The van der Waals surface area contributed by atoms with Crippen LogP contribution < -0.4 is 10.6 Å². The van der Waals surface area contributed by atoms with Gasteiger partial charge in [-0.2, -0.15) is 0 Å². The molecule has 0 atom stereocenters. The van der Waals surface area contributed by atoms with Gasteiger partial charge in [0.2, 0.25) is 11.8 Å². The summed E-state index contributed by atoms with van der Waals surface area (Å²) in [4.78, 5) is 44.4. The fourth-order valence-corrected chi connectivity index (χ4v) is 6.33. The lowest BCUT2D eigenvalue weighted by molar-refractivity contribution is -0.132. The van der Waals surface area contributed by atoms with Gasteiger partial charge in [0.25, 0.3) is 0 Å². The summed E-state index contributed by atoms with van der Waals surface area (Å²) in [6.07, 6.45) is 3.90. The number of hydrogen-bond donors (Lipinski definition) is 5. The monoisotopic (exact) mass is 717 g/mol. The maximum atomic E-state index is 13.2. The molecule has 5 N–H and O–H groups in total. The van der Waals surface area contributed by atoms with Crippen molar-refractivity contribution in [2.75, 3.05) is 70.9 Å². The first kappa shape index (κ1) is 40.3. The van der Waals surface area contributed by atoms with Crippen LogP contribution in [0.25, 0.3) is 11.1 Å². The van der Waals surface area contributed by atoms with Crippen LogP contribution in [0.5, 0.6) is 5.75 Å². The molecule has 0 unspecified atom stereocenters. The number of piperidine rings is 1. The first-order valence-electron chi connectivity index (χ1n) is 18.5. The number of hydrogen-bond acceptors (Lipinski definition) is 9. The summed E-state index contributed by atoms with van der Waals surface area (Å²) in [5, 5.41) is 34.1. The van der Waals surface area contributed by atoms with Gasteiger partial charge in [0.15, 0.2) is 0 Å². The molecule has 52 heavy (non-hydrogen) atoms. The van der Waals surface area contributed by atoms with Gasteiger partial charge in [0.05, 0.1) is 18.9 Å². The average molecular weight is 718 g/mol. The summed E-state index contributed by atoms with van der Waals surface area (Å²) in [6, 6.07) is 24.4. The van der Waals surface area contributed by atoms with Crippen LogP contribution in [0.2, 0.25) is 0 Å². The summed E-state index contributed by atoms with van der Waals surface area (Å²) in [6.45, 7) is 4.90. The quantitative estimate of drug-likeness (QED) is 0.101. The number of benzene rings is 3. The first-order chi connectivity index (χ1) is 25.3. The van der Waals surface area contributed by atoms with E-state index >= 15 is 0 Å². The van der Waals surface area contributed by atoms with Crippen LogP contribution in [0.3, 0.4) is 0 Å². The Bertz CT molecular complexity index is 1490. The van der Waals surface area contributed by atoms with Crippen LogP contribution in [0.1, 0.15) is 50.5 Å². The molecule has 1 aliphatic rings. The van der Waals surface area contributed by atoms with Crippen molar-refractivity contribution in [1.29, 1.82) is 0 Å². The Morgan fingerprint density at radius 1 is 0.788 bits per heavy atom. The molecule has 1 aliphatic heterocycles. The molecule has 12 nitrogen and oxygen atoms in total. The van der Waals surface area contributed by atoms with Crippen LogP contribution in [0, 0.1) is 0 Å². The Balaban J connectivity index is 1.09. The van der Waals surface area contributed by atoms with Crippen LogP contribution in [0.4, 0.5) is 10.5 Å². The molecular formula is C40H55N5O7. The van der Waals surface area contributed by atoms with Gasteiger partial charge in [0, 0.05) is 77.3 Å². The van der Waals surface area contributed by atoms with Gasteiger partial charge < -0.3 is 35.2 Å². The van der Waals surface area contributed by atoms with Crippen LogP contribution >= 0.6 is 0 Å². The highest BCUT2D eigenvalue weighted by Gasteiger charge is 2.23. The standard InChI is InChI=1S/C40H55N5O7/c46-29-27-44(28-30-47)26-20-39(50)45(31-32-13-15-34(48)16-14-32)22-8-2-7-21-41-38(49)19-25-43-23-17-35(18-24-43)52-40(51)42-37-12-6-5-11-36(37)33-9-3-1-4-10-33/h1,3-6,9-16,35,46-48H,2,7-8,17-31H2,(H,41,49)(H,42,51). The number of likely N-dealkylation sites (tertiary alicyclic amines) is 1. The Kier molecular flexibility index (Phi) is 17.4. The number of aromatic hydroxyl groups is 1. The number of rotatable bonds is 21. The number of carbonyl (C=O) groups is 3. The SMILES string of the molecule is O=C(CCN1CCC(OC(=O)Nc2ccccc2-c2ccccc2)CC1)NCCCCCN(Cc1ccc(O)cc1)C(=O)CCN(CCO)CCO. The number of nitrogens with zero attached hydrogens (tertiary/aromatic N) is 3.